The fourth-order valence-corrected chi connectivity index (χ4v) is 10.7. The van der Waals surface area contributed by atoms with Gasteiger partial charge in [-0.2, -0.15) is 0 Å². The van der Waals surface area contributed by atoms with Gasteiger partial charge in [-0.3, -0.25) is 24.0 Å². The van der Waals surface area contributed by atoms with Crippen LogP contribution in [0.25, 0.3) is 10.4 Å². The minimum atomic E-state index is -1.72. The third kappa shape index (κ3) is 14.9. The first-order valence-corrected chi connectivity index (χ1v) is 26.8. The number of carbonyl (C=O) groups excluding carboxylic acids is 4. The number of halogens is 4. The van der Waals surface area contributed by atoms with Crippen molar-refractivity contribution in [2.45, 2.75) is 122 Å². The summed E-state index contributed by atoms with van der Waals surface area (Å²) in [4.78, 5) is 67.3. The lowest BCUT2D eigenvalue weighted by molar-refractivity contribution is -0.148. The largest absolute Gasteiger partial charge is 0.391 e. The normalized spacial score (nSPS) is 16.4. The number of aromatic nitrogens is 2. The first-order valence-electron chi connectivity index (χ1n) is 24.8. The number of primary amides is 1. The number of aryl methyl sites for hydroxylation is 2. The Kier molecular flexibility index (Phi) is 21.2. The van der Waals surface area contributed by atoms with Crippen LogP contribution in [0.2, 0.25) is 0 Å². The van der Waals surface area contributed by atoms with E-state index < -0.39 is 64.3 Å². The topological polar surface area (TPSA) is 214 Å². The highest BCUT2D eigenvalue weighted by Crippen LogP contribution is 2.46. The van der Waals surface area contributed by atoms with Gasteiger partial charge in [-0.05, 0) is 116 Å². The number of nitrogens with one attached hydrogen (secondary N) is 4. The zero-order valence-electron chi connectivity index (χ0n) is 41.7. The second-order valence-electron chi connectivity index (χ2n) is 18.9. The van der Waals surface area contributed by atoms with Crippen molar-refractivity contribution in [3.05, 3.63) is 115 Å². The molecule has 3 heterocycles. The number of likely N-dealkylation sites (tertiary alicyclic amines) is 1. The Morgan fingerprint density at radius 3 is 2.23 bits per heavy atom. The van der Waals surface area contributed by atoms with Gasteiger partial charge < -0.3 is 36.2 Å². The minimum absolute atomic E-state index is 0.113. The number of nitrogens with two attached hydrogens (primary N) is 1. The van der Waals surface area contributed by atoms with Crippen LogP contribution in [0.1, 0.15) is 129 Å². The number of β-amino-alcohol motifs (C(OH)–C–C–N with tert-alkyl or cyclic N) is 1. The minimum Gasteiger partial charge on any atom is -0.391 e. The molecular weight excluding hydrogens is 1080 g/mol. The summed E-state index contributed by atoms with van der Waals surface area (Å²) in [6.45, 7) is 9.39. The standard InChI is InChI=1S/C53H66F3IN8O7S/c1-32(2)46(44-26-33(3)63-72-44)51(69)65-30-38(66)29-53(65,52(58)70)40(35-14-16-36(17-15-35)49-34(4)61-31-73-49)28-45(67)60-24-12-10-8-6-5-7-9-11-22-59-23-13-25-71-64-50(68)39-19-20-41(54)47(56)48(39)62-43-21-18-37(57)27-42(43)55/h14-21,26-27,31-32,38,40,46,59,62,66H,5-13,22-25,28-30H2,1-4H3,(H2,58,70)(H,60,67)(H,64,68)/t38?,40-,46+,53?/m0/s1. The number of rotatable bonds is 28. The summed E-state index contributed by atoms with van der Waals surface area (Å²) in [5.41, 5.74) is 10.8. The monoisotopic (exact) mass is 1140 g/mol. The predicted molar refractivity (Wildman–Crippen MR) is 282 cm³/mol. The van der Waals surface area contributed by atoms with Crippen molar-refractivity contribution in [3.8, 4) is 10.4 Å². The maximum absolute atomic E-state index is 14.7. The number of amides is 4. The Morgan fingerprint density at radius 1 is 0.918 bits per heavy atom. The third-order valence-corrected chi connectivity index (χ3v) is 14.8. The van der Waals surface area contributed by atoms with Gasteiger partial charge in [0.1, 0.15) is 23.0 Å². The van der Waals surface area contributed by atoms with E-state index in [1.807, 2.05) is 67.6 Å². The predicted octanol–water partition coefficient (Wildman–Crippen LogP) is 9.49. The number of anilines is 2. The Labute approximate surface area is 442 Å². The quantitative estimate of drug-likeness (QED) is 0.0158. The molecule has 0 radical (unpaired) electrons. The van der Waals surface area contributed by atoms with Crippen molar-refractivity contribution in [3.63, 3.8) is 0 Å². The molecule has 0 aliphatic carbocycles. The molecule has 1 saturated heterocycles. The Morgan fingerprint density at radius 2 is 1.60 bits per heavy atom. The molecule has 0 spiro atoms. The summed E-state index contributed by atoms with van der Waals surface area (Å²) in [6, 6.07) is 15.4. The third-order valence-electron chi connectivity index (χ3n) is 13.2. The highest BCUT2D eigenvalue weighted by molar-refractivity contribution is 14.1. The highest BCUT2D eigenvalue weighted by Gasteiger charge is 2.58. The molecule has 6 rings (SSSR count). The summed E-state index contributed by atoms with van der Waals surface area (Å²) in [7, 11) is 0. The molecule has 1 aliphatic rings. The van der Waals surface area contributed by atoms with Gasteiger partial charge in [0.25, 0.3) is 5.91 Å². The number of unbranched alkanes of at least 4 members (excludes halogenated alkanes) is 7. The molecular formula is C53H66F3IN8O7S. The lowest BCUT2D eigenvalue weighted by Crippen LogP contribution is -2.61. The molecule has 1 aliphatic heterocycles. The SMILES string of the molecule is Cc1cc([C@H](C(=O)N2CC(O)CC2(C(N)=O)[C@@H](CC(=O)NCCCCCCCCCCNCCCONC(=O)c2ccc(F)c(F)c2Nc2ccc(I)cc2F)c2ccc(-c3scnc3C)cc2)C(C)C)on1. The van der Waals surface area contributed by atoms with Crippen LogP contribution < -0.4 is 27.2 Å². The number of hydrogen-bond donors (Lipinski definition) is 6. The van der Waals surface area contributed by atoms with E-state index in [1.54, 1.807) is 24.6 Å². The van der Waals surface area contributed by atoms with E-state index in [-0.39, 0.29) is 49.1 Å². The van der Waals surface area contributed by atoms with Crippen LogP contribution in [0.3, 0.4) is 0 Å². The first-order chi connectivity index (χ1) is 35.0. The highest BCUT2D eigenvalue weighted by atomic mass is 127. The van der Waals surface area contributed by atoms with Gasteiger partial charge in [0.15, 0.2) is 11.6 Å². The van der Waals surface area contributed by atoms with Gasteiger partial charge in [0, 0.05) is 41.5 Å². The molecule has 3 aromatic carbocycles. The van der Waals surface area contributed by atoms with Gasteiger partial charge in [0.2, 0.25) is 17.7 Å². The summed E-state index contributed by atoms with van der Waals surface area (Å²) < 4.78 is 49.3. The molecule has 73 heavy (non-hydrogen) atoms. The molecule has 0 saturated carbocycles. The van der Waals surface area contributed by atoms with E-state index in [1.165, 1.54) is 28.4 Å². The molecule has 1 fully saturated rings. The van der Waals surface area contributed by atoms with Crippen LogP contribution in [-0.4, -0.2) is 88.2 Å². The van der Waals surface area contributed by atoms with Gasteiger partial charge in [-0.25, -0.2) is 23.6 Å². The molecule has 394 valence electrons. The van der Waals surface area contributed by atoms with E-state index >= 15 is 0 Å². The molecule has 15 nitrogen and oxygen atoms in total. The van der Waals surface area contributed by atoms with Crippen LogP contribution >= 0.6 is 33.9 Å². The average molecular weight is 1140 g/mol. The second-order valence-corrected chi connectivity index (χ2v) is 21.0. The maximum Gasteiger partial charge on any atom is 0.277 e. The van der Waals surface area contributed by atoms with E-state index in [0.717, 1.165) is 86.2 Å². The first kappa shape index (κ1) is 56.9. The van der Waals surface area contributed by atoms with Crippen molar-refractivity contribution in [2.24, 2.45) is 11.7 Å². The zero-order valence-corrected chi connectivity index (χ0v) is 44.7. The summed E-state index contributed by atoms with van der Waals surface area (Å²) in [6.07, 6.45) is 7.25. The van der Waals surface area contributed by atoms with E-state index in [9.17, 15) is 37.5 Å². The summed E-state index contributed by atoms with van der Waals surface area (Å²) >= 11 is 3.43. The van der Waals surface area contributed by atoms with Gasteiger partial charge in [-0.1, -0.05) is 81.8 Å². The summed E-state index contributed by atoms with van der Waals surface area (Å²) in [5, 5.41) is 24.1. The maximum atomic E-state index is 14.7. The van der Waals surface area contributed by atoms with Crippen LogP contribution in [0.15, 0.2) is 70.7 Å². The van der Waals surface area contributed by atoms with Gasteiger partial charge in [0.05, 0.1) is 51.4 Å². The Balaban J connectivity index is 0.901. The second kappa shape index (κ2) is 27.2. The van der Waals surface area contributed by atoms with Crippen LogP contribution in [0.5, 0.6) is 0 Å². The van der Waals surface area contributed by atoms with Gasteiger partial charge in [-0.15, -0.1) is 11.3 Å². The Bertz CT molecular complexity index is 2650. The van der Waals surface area contributed by atoms with Gasteiger partial charge >= 0.3 is 0 Å². The van der Waals surface area contributed by atoms with Crippen molar-refractivity contribution in [1.82, 2.24) is 31.2 Å². The number of carbonyl (C=O) groups is 4. The van der Waals surface area contributed by atoms with Crippen LogP contribution in [0.4, 0.5) is 24.5 Å². The number of benzene rings is 3. The molecule has 2 unspecified atom stereocenters. The molecule has 4 amide bonds. The van der Waals surface area contributed by atoms with Crippen molar-refractivity contribution < 1.29 is 46.8 Å². The fourth-order valence-electron chi connectivity index (χ4n) is 9.45. The zero-order chi connectivity index (χ0) is 52.7. The lowest BCUT2D eigenvalue weighted by Gasteiger charge is -2.43. The molecule has 7 N–H and O–H groups in total. The molecule has 5 aromatic rings. The number of thiazole rings is 1. The smallest absolute Gasteiger partial charge is 0.277 e. The Hall–Kier alpha value is -5.42. The van der Waals surface area contributed by atoms with Crippen molar-refractivity contribution in [2.75, 3.05) is 38.1 Å². The number of hydroxylamine groups is 1. The van der Waals surface area contributed by atoms with E-state index in [2.05, 4.69) is 31.6 Å². The lowest BCUT2D eigenvalue weighted by atomic mass is 9.73. The van der Waals surface area contributed by atoms with Crippen molar-refractivity contribution >= 4 is 68.9 Å². The number of aliphatic hydroxyl groups excluding tert-OH is 1. The molecule has 20 heteroatoms. The number of aliphatic hydroxyl groups is 1. The van der Waals surface area contributed by atoms with Crippen molar-refractivity contribution in [1.29, 1.82) is 0 Å². The summed E-state index contributed by atoms with van der Waals surface area (Å²) in [5.74, 6) is -7.11. The van der Waals surface area contributed by atoms with Crippen LogP contribution in [-0.2, 0) is 19.2 Å². The van der Waals surface area contributed by atoms with E-state index in [4.69, 9.17) is 15.1 Å². The fraction of sp³-hybridized carbons (Fsp3) is 0.472. The molecule has 2 aromatic heterocycles. The van der Waals surface area contributed by atoms with E-state index in [0.29, 0.717) is 40.1 Å². The average Bonchev–Trinajstić information content (AvgIpc) is 4.09. The van der Waals surface area contributed by atoms with Crippen LogP contribution in [0, 0.1) is 40.8 Å². The molecule has 4 atom stereocenters. The number of hydrogen-bond acceptors (Lipinski definition) is 12. The molecule has 0 bridgehead atoms. The number of nitrogens with zero attached hydrogens (tertiary/aromatic N) is 3.